The standard InChI is InChI=1S/C13H20N2O3S/c1-7(2)5-10-14-9(6-19-10)12(16)15-11(8(3)4)13(17)18/h6-8,11H,5H2,1-4H3,(H,15,16)(H,17,18)/t11-/m1/s1. The number of aromatic nitrogens is 1. The SMILES string of the molecule is CC(C)Cc1nc(C(=O)N[C@@H](C(=O)O)C(C)C)cs1. The Kier molecular flexibility index (Phi) is 5.47. The van der Waals surface area contributed by atoms with Crippen LogP contribution in [-0.4, -0.2) is 28.0 Å². The van der Waals surface area contributed by atoms with Gasteiger partial charge >= 0.3 is 5.97 Å². The number of hydrogen-bond acceptors (Lipinski definition) is 4. The van der Waals surface area contributed by atoms with Crippen LogP contribution in [0.4, 0.5) is 0 Å². The van der Waals surface area contributed by atoms with Gasteiger partial charge in [0.2, 0.25) is 0 Å². The highest BCUT2D eigenvalue weighted by molar-refractivity contribution is 7.09. The van der Waals surface area contributed by atoms with Crippen molar-refractivity contribution in [2.24, 2.45) is 11.8 Å². The van der Waals surface area contributed by atoms with Gasteiger partial charge in [-0.25, -0.2) is 9.78 Å². The third-order valence-electron chi connectivity index (χ3n) is 2.59. The molecule has 0 bridgehead atoms. The molecule has 1 aromatic rings. The minimum atomic E-state index is -1.03. The van der Waals surface area contributed by atoms with Gasteiger partial charge in [-0.1, -0.05) is 27.7 Å². The van der Waals surface area contributed by atoms with Crippen molar-refractivity contribution < 1.29 is 14.7 Å². The molecule has 0 aliphatic heterocycles. The lowest BCUT2D eigenvalue weighted by Gasteiger charge is -2.16. The first-order chi connectivity index (χ1) is 8.81. The Morgan fingerprint density at radius 1 is 1.37 bits per heavy atom. The van der Waals surface area contributed by atoms with E-state index in [1.807, 2.05) is 0 Å². The molecule has 0 saturated heterocycles. The van der Waals surface area contributed by atoms with Gasteiger partial charge in [0.15, 0.2) is 0 Å². The zero-order chi connectivity index (χ0) is 14.6. The molecule has 1 amide bonds. The third kappa shape index (κ3) is 4.63. The average molecular weight is 284 g/mol. The smallest absolute Gasteiger partial charge is 0.326 e. The first-order valence-corrected chi connectivity index (χ1v) is 7.17. The molecular formula is C13H20N2O3S. The molecule has 0 aliphatic carbocycles. The number of rotatable bonds is 6. The van der Waals surface area contributed by atoms with E-state index < -0.39 is 17.9 Å². The summed E-state index contributed by atoms with van der Waals surface area (Å²) in [6.07, 6.45) is 0.824. The summed E-state index contributed by atoms with van der Waals surface area (Å²) in [4.78, 5) is 27.2. The largest absolute Gasteiger partial charge is 0.480 e. The Morgan fingerprint density at radius 2 is 2.00 bits per heavy atom. The van der Waals surface area contributed by atoms with Crippen LogP contribution < -0.4 is 5.32 Å². The van der Waals surface area contributed by atoms with Gasteiger partial charge in [0.05, 0.1) is 5.01 Å². The van der Waals surface area contributed by atoms with E-state index in [2.05, 4.69) is 24.1 Å². The lowest BCUT2D eigenvalue weighted by atomic mass is 10.0. The van der Waals surface area contributed by atoms with E-state index in [1.165, 1.54) is 11.3 Å². The summed E-state index contributed by atoms with van der Waals surface area (Å²) in [7, 11) is 0. The molecule has 2 N–H and O–H groups in total. The van der Waals surface area contributed by atoms with Crippen molar-refractivity contribution in [3.63, 3.8) is 0 Å². The van der Waals surface area contributed by atoms with Crippen LogP contribution in [0.2, 0.25) is 0 Å². The molecule has 19 heavy (non-hydrogen) atoms. The minimum Gasteiger partial charge on any atom is -0.480 e. The van der Waals surface area contributed by atoms with Gasteiger partial charge in [0.25, 0.3) is 5.91 Å². The van der Waals surface area contributed by atoms with Gasteiger partial charge < -0.3 is 10.4 Å². The van der Waals surface area contributed by atoms with Crippen molar-refractivity contribution in [1.29, 1.82) is 0 Å². The lowest BCUT2D eigenvalue weighted by molar-refractivity contribution is -0.140. The number of carboxylic acids is 1. The fraction of sp³-hybridized carbons (Fsp3) is 0.615. The number of aliphatic carboxylic acids is 1. The van der Waals surface area contributed by atoms with Gasteiger partial charge in [-0.2, -0.15) is 0 Å². The first kappa shape index (κ1) is 15.6. The summed E-state index contributed by atoms with van der Waals surface area (Å²) in [5, 5.41) is 14.1. The van der Waals surface area contributed by atoms with E-state index in [9.17, 15) is 9.59 Å². The molecule has 1 atom stereocenters. The van der Waals surface area contributed by atoms with E-state index in [1.54, 1.807) is 19.2 Å². The number of amides is 1. The summed E-state index contributed by atoms with van der Waals surface area (Å²) in [5.41, 5.74) is 0.299. The number of carbonyl (C=O) groups is 2. The van der Waals surface area contributed by atoms with Crippen LogP contribution in [0.1, 0.15) is 43.2 Å². The van der Waals surface area contributed by atoms with E-state index in [-0.39, 0.29) is 5.92 Å². The highest BCUT2D eigenvalue weighted by Crippen LogP contribution is 2.14. The van der Waals surface area contributed by atoms with Crippen LogP contribution in [0.15, 0.2) is 5.38 Å². The molecule has 5 nitrogen and oxygen atoms in total. The normalized spacial score (nSPS) is 12.7. The van der Waals surface area contributed by atoms with Crippen molar-refractivity contribution in [3.05, 3.63) is 16.1 Å². The summed E-state index contributed by atoms with van der Waals surface area (Å²) in [5.74, 6) is -1.15. The molecule has 0 aliphatic rings. The summed E-state index contributed by atoms with van der Waals surface area (Å²) < 4.78 is 0. The van der Waals surface area contributed by atoms with Gasteiger partial charge in [-0.05, 0) is 11.8 Å². The number of nitrogens with zero attached hydrogens (tertiary/aromatic N) is 1. The van der Waals surface area contributed by atoms with Crippen LogP contribution in [0.3, 0.4) is 0 Å². The van der Waals surface area contributed by atoms with E-state index in [0.717, 1.165) is 11.4 Å². The van der Waals surface area contributed by atoms with Gasteiger partial charge in [0, 0.05) is 11.8 Å². The Morgan fingerprint density at radius 3 is 2.47 bits per heavy atom. The Labute approximate surface area is 117 Å². The van der Waals surface area contributed by atoms with Crippen molar-refractivity contribution in [1.82, 2.24) is 10.3 Å². The number of carboxylic acid groups (broad SMARTS) is 1. The maximum Gasteiger partial charge on any atom is 0.326 e. The Hall–Kier alpha value is -1.43. The molecular weight excluding hydrogens is 264 g/mol. The van der Waals surface area contributed by atoms with E-state index in [4.69, 9.17) is 5.11 Å². The number of carbonyl (C=O) groups excluding carboxylic acids is 1. The van der Waals surface area contributed by atoms with Crippen molar-refractivity contribution in [2.75, 3.05) is 0 Å². The van der Waals surface area contributed by atoms with Crippen LogP contribution in [0, 0.1) is 11.8 Å². The molecule has 0 fully saturated rings. The number of hydrogen-bond donors (Lipinski definition) is 2. The van der Waals surface area contributed by atoms with Crippen LogP contribution >= 0.6 is 11.3 Å². The molecule has 106 valence electrons. The number of thiazole rings is 1. The molecule has 0 saturated carbocycles. The van der Waals surface area contributed by atoms with Crippen LogP contribution in [0.5, 0.6) is 0 Å². The monoisotopic (exact) mass is 284 g/mol. The predicted octanol–water partition coefficient (Wildman–Crippen LogP) is 2.18. The van der Waals surface area contributed by atoms with Crippen molar-refractivity contribution in [2.45, 2.75) is 40.2 Å². The van der Waals surface area contributed by atoms with Gasteiger partial charge in [0.1, 0.15) is 11.7 Å². The maximum atomic E-state index is 11.9. The van der Waals surface area contributed by atoms with Crippen molar-refractivity contribution >= 4 is 23.2 Å². The molecule has 0 spiro atoms. The average Bonchev–Trinajstić information content (AvgIpc) is 2.72. The summed E-state index contributed by atoms with van der Waals surface area (Å²) in [6, 6.07) is -0.886. The minimum absolute atomic E-state index is 0.171. The van der Waals surface area contributed by atoms with E-state index >= 15 is 0 Å². The highest BCUT2D eigenvalue weighted by Gasteiger charge is 2.24. The quantitative estimate of drug-likeness (QED) is 0.839. The van der Waals surface area contributed by atoms with Crippen LogP contribution in [0.25, 0.3) is 0 Å². The molecule has 1 aromatic heterocycles. The molecule has 1 rings (SSSR count). The third-order valence-corrected chi connectivity index (χ3v) is 3.46. The zero-order valence-corrected chi connectivity index (χ0v) is 12.5. The Bertz CT molecular complexity index is 454. The fourth-order valence-corrected chi connectivity index (χ4v) is 2.57. The second kappa shape index (κ2) is 6.65. The second-order valence-electron chi connectivity index (χ2n) is 5.26. The Balaban J connectivity index is 2.72. The fourth-order valence-electron chi connectivity index (χ4n) is 1.59. The van der Waals surface area contributed by atoms with Gasteiger partial charge in [-0.3, -0.25) is 4.79 Å². The predicted molar refractivity (Wildman–Crippen MR) is 74.4 cm³/mol. The highest BCUT2D eigenvalue weighted by atomic mass is 32.1. The van der Waals surface area contributed by atoms with Crippen LogP contribution in [-0.2, 0) is 11.2 Å². The van der Waals surface area contributed by atoms with Crippen molar-refractivity contribution in [3.8, 4) is 0 Å². The van der Waals surface area contributed by atoms with Gasteiger partial charge in [-0.15, -0.1) is 11.3 Å². The number of nitrogens with one attached hydrogen (secondary N) is 1. The maximum absolute atomic E-state index is 11.9. The second-order valence-corrected chi connectivity index (χ2v) is 6.20. The zero-order valence-electron chi connectivity index (χ0n) is 11.6. The molecule has 1 heterocycles. The topological polar surface area (TPSA) is 79.3 Å². The summed E-state index contributed by atoms with van der Waals surface area (Å²) >= 11 is 1.43. The molecule has 0 aromatic carbocycles. The molecule has 0 unspecified atom stereocenters. The van der Waals surface area contributed by atoms with E-state index in [0.29, 0.717) is 11.6 Å². The lowest BCUT2D eigenvalue weighted by Crippen LogP contribution is -2.44. The summed E-state index contributed by atoms with van der Waals surface area (Å²) in [6.45, 7) is 7.68. The molecule has 6 heteroatoms. The molecule has 0 radical (unpaired) electrons. The first-order valence-electron chi connectivity index (χ1n) is 6.29.